The van der Waals surface area contributed by atoms with Crippen LogP contribution in [0.4, 0.5) is 0 Å². The standard InChI is InChI=1S/C8H18OSi2.Au.Pt/c1-7-11(6,8-2)9-10(3,4)5;;/h7-8H,1-2H2,3-6H3;;. The molecule has 0 saturated heterocycles. The van der Waals surface area contributed by atoms with Gasteiger partial charge in [0.1, 0.15) is 0 Å². The van der Waals surface area contributed by atoms with Crippen molar-refractivity contribution in [2.75, 3.05) is 0 Å². The number of rotatable bonds is 4. The van der Waals surface area contributed by atoms with Gasteiger partial charge in [0.05, 0.1) is 0 Å². The fourth-order valence-electron chi connectivity index (χ4n) is 0.826. The Balaban J connectivity index is -0.000000500. The zero-order valence-electron chi connectivity index (χ0n) is 8.59. The molecule has 0 unspecified atom stereocenters. The van der Waals surface area contributed by atoms with E-state index >= 15 is 0 Å². The van der Waals surface area contributed by atoms with E-state index in [9.17, 15) is 0 Å². The first kappa shape index (κ1) is 19.8. The number of hydrogen-bond acceptors (Lipinski definition) is 1. The van der Waals surface area contributed by atoms with Crippen LogP contribution in [0.2, 0.25) is 26.2 Å². The summed E-state index contributed by atoms with van der Waals surface area (Å²) in [5, 5.41) is 0. The molecular formula is C8H18AuOPtSi2. The van der Waals surface area contributed by atoms with Crippen LogP contribution in [0.15, 0.2) is 24.6 Å². The average molecular weight is 578 g/mol. The molecule has 1 nitrogen and oxygen atoms in total. The van der Waals surface area contributed by atoms with Crippen molar-refractivity contribution in [3.63, 3.8) is 0 Å². The van der Waals surface area contributed by atoms with E-state index in [1.807, 2.05) is 11.4 Å². The summed E-state index contributed by atoms with van der Waals surface area (Å²) in [7, 11) is -3.16. The van der Waals surface area contributed by atoms with Gasteiger partial charge in [0, 0.05) is 43.4 Å². The number of hydrogen-bond donors (Lipinski definition) is 0. The third kappa shape index (κ3) is 9.60. The molecule has 5 heteroatoms. The molecule has 85 valence electrons. The first-order valence-electron chi connectivity index (χ1n) is 3.80. The molecule has 0 bridgehead atoms. The van der Waals surface area contributed by atoms with Crippen molar-refractivity contribution in [1.29, 1.82) is 0 Å². The fraction of sp³-hybridized carbons (Fsp3) is 0.500. The monoisotopic (exact) mass is 578 g/mol. The quantitative estimate of drug-likeness (QED) is 0.467. The summed E-state index contributed by atoms with van der Waals surface area (Å²) in [5.41, 5.74) is 3.86. The van der Waals surface area contributed by atoms with Gasteiger partial charge in [0.2, 0.25) is 8.32 Å². The van der Waals surface area contributed by atoms with Gasteiger partial charge in [0.25, 0.3) is 0 Å². The van der Waals surface area contributed by atoms with Gasteiger partial charge >= 0.3 is 0 Å². The van der Waals surface area contributed by atoms with Crippen LogP contribution in [0.25, 0.3) is 0 Å². The van der Waals surface area contributed by atoms with Crippen LogP contribution in [-0.4, -0.2) is 16.6 Å². The van der Waals surface area contributed by atoms with E-state index < -0.39 is 16.6 Å². The minimum atomic E-state index is -1.74. The van der Waals surface area contributed by atoms with Crippen molar-refractivity contribution in [2.24, 2.45) is 0 Å². The normalized spacial score (nSPS) is 10.8. The SMILES string of the molecule is C=C[Si](C)(C=C)O[Si](C)(C)C.[Au].[Pt]. The smallest absolute Gasteiger partial charge is 0.226 e. The largest absolute Gasteiger partial charge is 0.450 e. The first-order chi connectivity index (χ1) is 4.83. The maximum atomic E-state index is 5.97. The molecule has 0 fully saturated rings. The maximum Gasteiger partial charge on any atom is 0.226 e. The molecule has 0 N–H and O–H groups in total. The summed E-state index contributed by atoms with van der Waals surface area (Å²) < 4.78 is 5.97. The van der Waals surface area contributed by atoms with Crippen molar-refractivity contribution in [3.8, 4) is 0 Å². The molecular weight excluding hydrogens is 560 g/mol. The second-order valence-electron chi connectivity index (χ2n) is 3.81. The van der Waals surface area contributed by atoms with E-state index in [4.69, 9.17) is 4.12 Å². The molecule has 0 aliphatic carbocycles. The second-order valence-corrected chi connectivity index (χ2v) is 12.0. The Morgan fingerprint density at radius 1 is 1.00 bits per heavy atom. The van der Waals surface area contributed by atoms with Crippen LogP contribution < -0.4 is 0 Å². The zero-order chi connectivity index (χ0) is 9.12. The molecule has 0 aliphatic heterocycles. The van der Waals surface area contributed by atoms with Crippen molar-refractivity contribution < 1.29 is 47.6 Å². The van der Waals surface area contributed by atoms with Gasteiger partial charge in [-0.25, -0.2) is 0 Å². The maximum absolute atomic E-state index is 5.97. The second kappa shape index (κ2) is 7.58. The Morgan fingerprint density at radius 3 is 1.38 bits per heavy atom. The summed E-state index contributed by atoms with van der Waals surface area (Å²) in [6, 6.07) is 0. The Labute approximate surface area is 114 Å². The third-order valence-corrected chi connectivity index (χ3v) is 7.17. The van der Waals surface area contributed by atoms with E-state index in [-0.39, 0.29) is 43.4 Å². The minimum absolute atomic E-state index is 0. The van der Waals surface area contributed by atoms with Gasteiger partial charge in [-0.15, -0.1) is 13.2 Å². The van der Waals surface area contributed by atoms with Gasteiger partial charge in [-0.3, -0.25) is 0 Å². The van der Waals surface area contributed by atoms with E-state index in [1.165, 1.54) is 0 Å². The van der Waals surface area contributed by atoms with Crippen LogP contribution in [0, 0.1) is 0 Å². The van der Waals surface area contributed by atoms with Crippen LogP contribution >= 0.6 is 0 Å². The third-order valence-electron chi connectivity index (χ3n) is 1.34. The zero-order valence-corrected chi connectivity index (χ0v) is 15.0. The molecule has 0 atom stereocenters. The summed E-state index contributed by atoms with van der Waals surface area (Å²) in [5.74, 6) is 0. The molecule has 0 amide bonds. The van der Waals surface area contributed by atoms with E-state index in [1.54, 1.807) is 0 Å². The summed E-state index contributed by atoms with van der Waals surface area (Å²) in [6.45, 7) is 16.2. The molecule has 0 aliphatic rings. The Kier molecular flexibility index (Phi) is 11.5. The Hall–Kier alpha value is 1.30. The molecule has 0 saturated carbocycles. The van der Waals surface area contributed by atoms with Crippen LogP contribution in [-0.2, 0) is 47.6 Å². The van der Waals surface area contributed by atoms with Crippen LogP contribution in [0.5, 0.6) is 0 Å². The Morgan fingerprint density at radius 2 is 1.31 bits per heavy atom. The van der Waals surface area contributed by atoms with Crippen LogP contribution in [0.3, 0.4) is 0 Å². The van der Waals surface area contributed by atoms with Gasteiger partial charge in [-0.2, -0.15) is 0 Å². The molecule has 0 spiro atoms. The van der Waals surface area contributed by atoms with Gasteiger partial charge in [0.15, 0.2) is 8.32 Å². The van der Waals surface area contributed by atoms with Crippen molar-refractivity contribution >= 4 is 16.6 Å². The summed E-state index contributed by atoms with van der Waals surface area (Å²) >= 11 is 0. The predicted molar refractivity (Wildman–Crippen MR) is 56.4 cm³/mol. The molecule has 13 heavy (non-hydrogen) atoms. The van der Waals surface area contributed by atoms with Crippen molar-refractivity contribution in [1.82, 2.24) is 0 Å². The van der Waals surface area contributed by atoms with E-state index in [0.717, 1.165) is 0 Å². The predicted octanol–water partition coefficient (Wildman–Crippen LogP) is 2.86. The van der Waals surface area contributed by atoms with Gasteiger partial charge in [-0.05, 0) is 26.2 Å². The van der Waals surface area contributed by atoms with Gasteiger partial charge < -0.3 is 4.12 Å². The molecule has 0 heterocycles. The van der Waals surface area contributed by atoms with E-state index in [0.29, 0.717) is 0 Å². The van der Waals surface area contributed by atoms with Crippen LogP contribution in [0.1, 0.15) is 0 Å². The Bertz CT molecular complexity index is 160. The van der Waals surface area contributed by atoms with Crippen molar-refractivity contribution in [2.45, 2.75) is 26.2 Å². The molecule has 0 aromatic heterocycles. The molecule has 1 radical (unpaired) electrons. The van der Waals surface area contributed by atoms with Gasteiger partial charge in [-0.1, -0.05) is 11.4 Å². The molecule has 0 aromatic rings. The summed E-state index contributed by atoms with van der Waals surface area (Å²) in [6.07, 6.45) is 0. The fourth-order valence-corrected chi connectivity index (χ4v) is 6.94. The minimum Gasteiger partial charge on any atom is -0.450 e. The topological polar surface area (TPSA) is 9.23 Å². The first-order valence-corrected chi connectivity index (χ1v) is 9.77. The average Bonchev–Trinajstić information content (AvgIpc) is 1.84. The van der Waals surface area contributed by atoms with Crippen molar-refractivity contribution in [3.05, 3.63) is 24.6 Å². The molecule has 0 rings (SSSR count). The molecule has 0 aromatic carbocycles. The summed E-state index contributed by atoms with van der Waals surface area (Å²) in [4.78, 5) is 0. The van der Waals surface area contributed by atoms with E-state index in [2.05, 4.69) is 39.3 Å².